The predicted molar refractivity (Wildman–Crippen MR) is 121 cm³/mol. The topological polar surface area (TPSA) is 97.1 Å². The number of benzene rings is 2. The molecule has 4 aromatic rings. The molecule has 2 N–H and O–H groups in total. The Hall–Kier alpha value is -3.46. The molecule has 4 rings (SSSR count). The molecule has 0 spiro atoms. The average molecular weight is 467 g/mol. The van der Waals surface area contributed by atoms with E-state index in [9.17, 15) is 9.59 Å². The summed E-state index contributed by atoms with van der Waals surface area (Å²) in [5, 5.41) is 4.26. The Balaban J connectivity index is 1.70. The molecule has 9 heteroatoms. The molecule has 0 saturated carbocycles. The van der Waals surface area contributed by atoms with Crippen LogP contribution in [-0.4, -0.2) is 25.3 Å². The molecule has 152 valence electrons. The van der Waals surface area contributed by atoms with Gasteiger partial charge in [0.2, 0.25) is 5.95 Å². The fourth-order valence-corrected chi connectivity index (χ4v) is 3.40. The number of aromatic amines is 1. The van der Waals surface area contributed by atoms with E-state index in [1.165, 1.54) is 4.57 Å². The normalized spacial score (nSPS) is 11.4. The lowest BCUT2D eigenvalue weighted by Crippen LogP contribution is -2.29. The minimum Gasteiger partial charge on any atom is -0.303 e. The van der Waals surface area contributed by atoms with E-state index >= 15 is 0 Å². The lowest BCUT2D eigenvalue weighted by atomic mass is 10.1. The van der Waals surface area contributed by atoms with Gasteiger partial charge in [-0.2, -0.15) is 10.1 Å². The highest BCUT2D eigenvalue weighted by Gasteiger charge is 2.17. The zero-order valence-electron chi connectivity index (χ0n) is 16.2. The molecule has 0 aliphatic carbocycles. The van der Waals surface area contributed by atoms with E-state index in [0.29, 0.717) is 30.1 Å². The maximum atomic E-state index is 12.5. The van der Waals surface area contributed by atoms with E-state index in [-0.39, 0.29) is 0 Å². The molecule has 0 fully saturated rings. The van der Waals surface area contributed by atoms with Crippen molar-refractivity contribution in [1.82, 2.24) is 19.1 Å². The quantitative estimate of drug-likeness (QED) is 0.337. The fraction of sp³-hybridized carbons (Fsp3) is 0.143. The first-order valence-corrected chi connectivity index (χ1v) is 10.1. The molecule has 2 aromatic heterocycles. The third kappa shape index (κ3) is 4.11. The van der Waals surface area contributed by atoms with Gasteiger partial charge >= 0.3 is 5.69 Å². The monoisotopic (exact) mass is 466 g/mol. The third-order valence-corrected chi connectivity index (χ3v) is 5.25. The standard InChI is InChI=1S/C21H19BrN6O2/c1-27-18-17(19(29)25-21(27)30)28(12-11-14-5-3-2-4-6-14)20(24-18)26-23-13-15-7-9-16(22)10-8-15/h2-10,13H,11-12H2,1H3,(H,24,26)(H,25,29,30). The molecule has 0 aliphatic rings. The van der Waals surface area contributed by atoms with E-state index in [2.05, 4.69) is 36.4 Å². The number of fused-ring (bicyclic) bond motifs is 1. The van der Waals surface area contributed by atoms with Crippen molar-refractivity contribution in [1.29, 1.82) is 0 Å². The molecule has 30 heavy (non-hydrogen) atoms. The van der Waals surface area contributed by atoms with Gasteiger partial charge in [-0.25, -0.2) is 10.2 Å². The van der Waals surface area contributed by atoms with Gasteiger partial charge in [0.1, 0.15) is 0 Å². The van der Waals surface area contributed by atoms with Crippen LogP contribution in [0, 0.1) is 0 Å². The van der Waals surface area contributed by atoms with Crippen LogP contribution in [0.3, 0.4) is 0 Å². The number of rotatable bonds is 6. The van der Waals surface area contributed by atoms with Gasteiger partial charge in [0.05, 0.1) is 6.21 Å². The van der Waals surface area contributed by atoms with E-state index < -0.39 is 11.2 Å². The Morgan fingerprint density at radius 3 is 2.60 bits per heavy atom. The average Bonchev–Trinajstić information content (AvgIpc) is 3.12. The molecule has 2 aromatic carbocycles. The first-order valence-electron chi connectivity index (χ1n) is 9.31. The number of imidazole rings is 1. The molecular weight excluding hydrogens is 448 g/mol. The van der Waals surface area contributed by atoms with E-state index in [1.807, 2.05) is 54.6 Å². The van der Waals surface area contributed by atoms with Crippen LogP contribution in [0.4, 0.5) is 5.95 Å². The van der Waals surface area contributed by atoms with E-state index in [4.69, 9.17) is 0 Å². The highest BCUT2D eigenvalue weighted by Crippen LogP contribution is 2.17. The van der Waals surface area contributed by atoms with Crippen molar-refractivity contribution in [3.63, 3.8) is 0 Å². The Labute approximate surface area is 180 Å². The zero-order valence-corrected chi connectivity index (χ0v) is 17.8. The molecule has 2 heterocycles. The van der Waals surface area contributed by atoms with Crippen LogP contribution in [0.25, 0.3) is 11.2 Å². The number of anilines is 1. The highest BCUT2D eigenvalue weighted by atomic mass is 79.9. The van der Waals surface area contributed by atoms with Gasteiger partial charge in [0.25, 0.3) is 5.56 Å². The van der Waals surface area contributed by atoms with Crippen LogP contribution < -0.4 is 16.7 Å². The van der Waals surface area contributed by atoms with Gasteiger partial charge in [-0.15, -0.1) is 0 Å². The van der Waals surface area contributed by atoms with Crippen LogP contribution in [0.1, 0.15) is 11.1 Å². The van der Waals surface area contributed by atoms with Crippen molar-refractivity contribution in [2.75, 3.05) is 5.43 Å². The first-order chi connectivity index (χ1) is 14.5. The number of nitrogens with one attached hydrogen (secondary N) is 2. The van der Waals surface area contributed by atoms with Crippen LogP contribution in [0.2, 0.25) is 0 Å². The van der Waals surface area contributed by atoms with Gasteiger partial charge < -0.3 is 4.57 Å². The lowest BCUT2D eigenvalue weighted by molar-refractivity contribution is 0.716. The van der Waals surface area contributed by atoms with Crippen molar-refractivity contribution < 1.29 is 0 Å². The lowest BCUT2D eigenvalue weighted by Gasteiger charge is -2.08. The summed E-state index contributed by atoms with van der Waals surface area (Å²) in [5.74, 6) is 0.390. The Morgan fingerprint density at radius 1 is 1.13 bits per heavy atom. The van der Waals surface area contributed by atoms with Crippen LogP contribution >= 0.6 is 15.9 Å². The molecule has 0 saturated heterocycles. The number of aryl methyl sites for hydroxylation is 3. The summed E-state index contributed by atoms with van der Waals surface area (Å²) >= 11 is 3.40. The predicted octanol–water partition coefficient (Wildman–Crippen LogP) is 2.87. The number of hydrogen-bond acceptors (Lipinski definition) is 5. The number of halogens is 1. The minimum absolute atomic E-state index is 0.304. The SMILES string of the molecule is Cn1c(=O)[nH]c(=O)c2c1nc(NN=Cc1ccc(Br)cc1)n2CCc1ccccc1. The van der Waals surface area contributed by atoms with Crippen molar-refractivity contribution in [3.8, 4) is 0 Å². The molecular formula is C21H19BrN6O2. The number of nitrogens with zero attached hydrogens (tertiary/aromatic N) is 4. The molecule has 0 atom stereocenters. The van der Waals surface area contributed by atoms with E-state index in [1.54, 1.807) is 17.8 Å². The van der Waals surface area contributed by atoms with Gasteiger partial charge in [0, 0.05) is 18.1 Å². The number of H-pyrrole nitrogens is 1. The zero-order chi connectivity index (χ0) is 21.1. The molecule has 0 bridgehead atoms. The fourth-order valence-electron chi connectivity index (χ4n) is 3.14. The second-order valence-corrected chi connectivity index (χ2v) is 7.65. The van der Waals surface area contributed by atoms with Crippen molar-refractivity contribution in [2.45, 2.75) is 13.0 Å². The largest absolute Gasteiger partial charge is 0.329 e. The summed E-state index contributed by atoms with van der Waals surface area (Å²) in [6, 6.07) is 17.6. The smallest absolute Gasteiger partial charge is 0.303 e. The van der Waals surface area contributed by atoms with Crippen molar-refractivity contribution in [2.24, 2.45) is 12.1 Å². The first kappa shape index (κ1) is 19.8. The molecule has 0 amide bonds. The molecule has 0 radical (unpaired) electrons. The number of hydrogen-bond donors (Lipinski definition) is 2. The van der Waals surface area contributed by atoms with Crippen LogP contribution in [0.5, 0.6) is 0 Å². The molecule has 0 unspecified atom stereocenters. The summed E-state index contributed by atoms with van der Waals surface area (Å²) in [6.45, 7) is 0.498. The van der Waals surface area contributed by atoms with Gasteiger partial charge in [-0.05, 0) is 29.7 Å². The Kier molecular flexibility index (Phi) is 5.62. The summed E-state index contributed by atoms with van der Waals surface area (Å²) in [4.78, 5) is 31.3. The maximum Gasteiger partial charge on any atom is 0.329 e. The minimum atomic E-state index is -0.509. The third-order valence-electron chi connectivity index (χ3n) is 4.72. The summed E-state index contributed by atoms with van der Waals surface area (Å²) in [6.07, 6.45) is 2.36. The van der Waals surface area contributed by atoms with Gasteiger partial charge in [-0.3, -0.25) is 14.3 Å². The number of aromatic nitrogens is 4. The van der Waals surface area contributed by atoms with Crippen LogP contribution in [-0.2, 0) is 20.0 Å². The summed E-state index contributed by atoms with van der Waals surface area (Å²) in [5.41, 5.74) is 4.60. The van der Waals surface area contributed by atoms with Crippen molar-refractivity contribution in [3.05, 3.63) is 91.0 Å². The van der Waals surface area contributed by atoms with Gasteiger partial charge in [-0.1, -0.05) is 58.4 Å². The Morgan fingerprint density at radius 2 is 1.87 bits per heavy atom. The summed E-state index contributed by atoms with van der Waals surface area (Å²) < 4.78 is 4.05. The second-order valence-electron chi connectivity index (χ2n) is 6.73. The van der Waals surface area contributed by atoms with Crippen LogP contribution in [0.15, 0.2) is 73.8 Å². The van der Waals surface area contributed by atoms with Gasteiger partial charge in [0.15, 0.2) is 11.2 Å². The highest BCUT2D eigenvalue weighted by molar-refractivity contribution is 9.10. The molecule has 8 nitrogen and oxygen atoms in total. The Bertz CT molecular complexity index is 1320. The second kappa shape index (κ2) is 8.50. The number of hydrazone groups is 1. The maximum absolute atomic E-state index is 12.5. The summed E-state index contributed by atoms with van der Waals surface area (Å²) in [7, 11) is 1.57. The van der Waals surface area contributed by atoms with E-state index in [0.717, 1.165) is 15.6 Å². The molecule has 0 aliphatic heterocycles. The van der Waals surface area contributed by atoms with Crippen molar-refractivity contribution >= 4 is 39.3 Å².